The van der Waals surface area contributed by atoms with Gasteiger partial charge in [0.25, 0.3) is 0 Å². The van der Waals surface area contributed by atoms with Gasteiger partial charge in [0.2, 0.25) is 5.91 Å². The van der Waals surface area contributed by atoms with E-state index in [0.717, 1.165) is 43.6 Å². The van der Waals surface area contributed by atoms with Crippen molar-refractivity contribution in [3.05, 3.63) is 0 Å². The Bertz CT molecular complexity index is 263. The maximum Gasteiger partial charge on any atom is 0.217 e. The number of carbonyl (C=O) groups excluding carboxylic acids is 1. The Hall–Kier alpha value is -0.900. The molecule has 0 spiro atoms. The van der Waals surface area contributed by atoms with Crippen LogP contribution in [0.3, 0.4) is 0 Å². The summed E-state index contributed by atoms with van der Waals surface area (Å²) in [6.45, 7) is 10.8. The molecule has 0 fully saturated rings. The van der Waals surface area contributed by atoms with Crippen molar-refractivity contribution in [1.29, 1.82) is 0 Å². The number of likely N-dealkylation sites (N-methyl/N-ethyl adjacent to an activating group) is 1. The van der Waals surface area contributed by atoms with Gasteiger partial charge in [-0.3, -0.25) is 9.28 Å². The molecule has 15 heavy (non-hydrogen) atoms. The van der Waals surface area contributed by atoms with Crippen molar-refractivity contribution in [3.8, 4) is 0 Å². The Kier molecular flexibility index (Phi) is 4.27. The SMILES string of the molecule is CCC1=NCC[N+]1(CC)CCNC(C)=O. The molecule has 0 aromatic heterocycles. The molecule has 1 amide bonds. The number of aliphatic imine (C=N–C) groups is 1. The summed E-state index contributed by atoms with van der Waals surface area (Å²) in [5.74, 6) is 1.35. The molecule has 1 aliphatic heterocycles. The third kappa shape index (κ3) is 2.78. The number of quaternary nitrogens is 1. The Labute approximate surface area is 92.0 Å². The van der Waals surface area contributed by atoms with Crippen LogP contribution in [-0.2, 0) is 4.79 Å². The minimum Gasteiger partial charge on any atom is -0.351 e. The molecule has 86 valence electrons. The lowest BCUT2D eigenvalue weighted by Gasteiger charge is -2.33. The van der Waals surface area contributed by atoms with Gasteiger partial charge in [0, 0.05) is 13.3 Å². The molecule has 4 nitrogen and oxygen atoms in total. The Balaban J connectivity index is 2.54. The first-order chi connectivity index (χ1) is 7.14. The van der Waals surface area contributed by atoms with Crippen LogP contribution < -0.4 is 5.32 Å². The lowest BCUT2D eigenvalue weighted by atomic mass is 10.3. The number of rotatable bonds is 5. The van der Waals surface area contributed by atoms with E-state index >= 15 is 0 Å². The quantitative estimate of drug-likeness (QED) is 0.672. The number of hydrogen-bond acceptors (Lipinski definition) is 2. The monoisotopic (exact) mass is 212 g/mol. The molecule has 1 aliphatic rings. The molecule has 0 saturated carbocycles. The summed E-state index contributed by atoms with van der Waals surface area (Å²) < 4.78 is 0.969. The van der Waals surface area contributed by atoms with Crippen LogP contribution in [-0.4, -0.2) is 48.9 Å². The summed E-state index contributed by atoms with van der Waals surface area (Å²) in [5.41, 5.74) is 0. The van der Waals surface area contributed by atoms with Crippen molar-refractivity contribution in [1.82, 2.24) is 5.32 Å². The number of carbonyl (C=O) groups is 1. The molecular formula is C11H22N3O+. The van der Waals surface area contributed by atoms with Gasteiger partial charge in [-0.05, 0) is 6.92 Å². The molecule has 1 heterocycles. The predicted molar refractivity (Wildman–Crippen MR) is 61.8 cm³/mol. The van der Waals surface area contributed by atoms with E-state index in [9.17, 15) is 4.79 Å². The predicted octanol–water partition coefficient (Wildman–Crippen LogP) is 0.781. The maximum absolute atomic E-state index is 10.8. The summed E-state index contributed by atoms with van der Waals surface area (Å²) in [5, 5.41) is 2.87. The van der Waals surface area contributed by atoms with Crippen molar-refractivity contribution < 1.29 is 9.28 Å². The molecule has 0 radical (unpaired) electrons. The Morgan fingerprint density at radius 2 is 2.27 bits per heavy atom. The molecule has 0 saturated heterocycles. The standard InChI is InChI=1S/C11H21N3O/c1-4-11-13-7-9-14(11,5-2)8-6-12-10(3)15/h4-9H2,1-3H3/p+1. The van der Waals surface area contributed by atoms with Gasteiger partial charge in [-0.1, -0.05) is 6.92 Å². The zero-order chi connectivity index (χ0) is 11.3. The fraction of sp³-hybridized carbons (Fsp3) is 0.818. The van der Waals surface area contributed by atoms with Gasteiger partial charge < -0.3 is 5.32 Å². The second kappa shape index (κ2) is 5.26. The summed E-state index contributed by atoms with van der Waals surface area (Å²) in [6.07, 6.45) is 1.02. The molecule has 1 N–H and O–H groups in total. The highest BCUT2D eigenvalue weighted by molar-refractivity contribution is 5.76. The first-order valence-corrected chi connectivity index (χ1v) is 5.79. The fourth-order valence-electron chi connectivity index (χ4n) is 2.28. The highest BCUT2D eigenvalue weighted by Gasteiger charge is 2.34. The third-order valence-electron chi connectivity index (χ3n) is 3.21. The molecule has 1 atom stereocenters. The van der Waals surface area contributed by atoms with Gasteiger partial charge in [-0.25, -0.2) is 4.99 Å². The van der Waals surface area contributed by atoms with E-state index in [1.165, 1.54) is 5.84 Å². The van der Waals surface area contributed by atoms with Gasteiger partial charge in [-0.15, -0.1) is 0 Å². The number of nitrogens with zero attached hydrogens (tertiary/aromatic N) is 2. The van der Waals surface area contributed by atoms with Crippen molar-refractivity contribution in [2.75, 3.05) is 32.7 Å². The molecule has 1 rings (SSSR count). The van der Waals surface area contributed by atoms with Crippen molar-refractivity contribution >= 4 is 11.7 Å². The largest absolute Gasteiger partial charge is 0.351 e. The molecule has 0 aromatic carbocycles. The van der Waals surface area contributed by atoms with Crippen molar-refractivity contribution in [2.45, 2.75) is 27.2 Å². The number of nitrogens with one attached hydrogen (secondary N) is 1. The Morgan fingerprint density at radius 1 is 1.53 bits per heavy atom. The molecule has 1 unspecified atom stereocenters. The van der Waals surface area contributed by atoms with Gasteiger partial charge in [0.1, 0.15) is 13.1 Å². The summed E-state index contributed by atoms with van der Waals surface area (Å²) in [7, 11) is 0. The van der Waals surface area contributed by atoms with E-state index in [4.69, 9.17) is 0 Å². The molecule has 4 heteroatoms. The second-order valence-corrected chi connectivity index (χ2v) is 4.04. The topological polar surface area (TPSA) is 41.5 Å². The van der Waals surface area contributed by atoms with Crippen LogP contribution in [0.4, 0.5) is 0 Å². The van der Waals surface area contributed by atoms with Crippen molar-refractivity contribution in [2.24, 2.45) is 4.99 Å². The average Bonchev–Trinajstić information content (AvgIpc) is 2.61. The maximum atomic E-state index is 10.8. The highest BCUT2D eigenvalue weighted by Crippen LogP contribution is 2.16. The zero-order valence-electron chi connectivity index (χ0n) is 10.0. The van der Waals surface area contributed by atoms with Crippen LogP contribution in [0.1, 0.15) is 27.2 Å². The second-order valence-electron chi connectivity index (χ2n) is 4.04. The number of amides is 1. The molecule has 0 aromatic rings. The van der Waals surface area contributed by atoms with E-state index < -0.39 is 0 Å². The van der Waals surface area contributed by atoms with E-state index in [1.807, 2.05) is 0 Å². The van der Waals surface area contributed by atoms with Crippen LogP contribution in [0.5, 0.6) is 0 Å². The van der Waals surface area contributed by atoms with Crippen LogP contribution in [0, 0.1) is 0 Å². The minimum atomic E-state index is 0.0541. The first kappa shape index (κ1) is 12.2. The van der Waals surface area contributed by atoms with Gasteiger partial charge >= 0.3 is 0 Å². The van der Waals surface area contributed by atoms with Gasteiger partial charge in [0.05, 0.1) is 19.6 Å². The van der Waals surface area contributed by atoms with E-state index in [2.05, 4.69) is 24.2 Å². The minimum absolute atomic E-state index is 0.0541. The summed E-state index contributed by atoms with van der Waals surface area (Å²) in [6, 6.07) is 0. The molecular weight excluding hydrogens is 190 g/mol. The fourth-order valence-corrected chi connectivity index (χ4v) is 2.28. The van der Waals surface area contributed by atoms with Crippen LogP contribution in [0.15, 0.2) is 4.99 Å². The zero-order valence-corrected chi connectivity index (χ0v) is 10.0. The lowest BCUT2D eigenvalue weighted by molar-refractivity contribution is -0.833. The molecule has 0 aliphatic carbocycles. The van der Waals surface area contributed by atoms with E-state index in [1.54, 1.807) is 6.92 Å². The van der Waals surface area contributed by atoms with Crippen LogP contribution in [0.2, 0.25) is 0 Å². The van der Waals surface area contributed by atoms with Crippen LogP contribution in [0.25, 0.3) is 0 Å². The van der Waals surface area contributed by atoms with Gasteiger partial charge in [-0.2, -0.15) is 0 Å². The van der Waals surface area contributed by atoms with Gasteiger partial charge in [0.15, 0.2) is 5.84 Å². The number of hydrogen-bond donors (Lipinski definition) is 1. The first-order valence-electron chi connectivity index (χ1n) is 5.79. The molecule has 0 bridgehead atoms. The lowest BCUT2D eigenvalue weighted by Crippen LogP contribution is -2.53. The highest BCUT2D eigenvalue weighted by atomic mass is 16.1. The van der Waals surface area contributed by atoms with E-state index in [0.29, 0.717) is 0 Å². The Morgan fingerprint density at radius 3 is 2.80 bits per heavy atom. The normalized spacial score (nSPS) is 25.1. The third-order valence-corrected chi connectivity index (χ3v) is 3.21. The average molecular weight is 212 g/mol. The summed E-state index contributed by atoms with van der Waals surface area (Å²) >= 11 is 0. The van der Waals surface area contributed by atoms with Crippen LogP contribution >= 0.6 is 0 Å². The summed E-state index contributed by atoms with van der Waals surface area (Å²) in [4.78, 5) is 15.4. The van der Waals surface area contributed by atoms with Crippen molar-refractivity contribution in [3.63, 3.8) is 0 Å². The smallest absolute Gasteiger partial charge is 0.217 e. The van der Waals surface area contributed by atoms with E-state index in [-0.39, 0.29) is 5.91 Å². The number of amidine groups is 1.